The monoisotopic (exact) mass is 503 g/mol. The largest absolute Gasteiger partial charge is 0.476 e. The second-order valence-corrected chi connectivity index (χ2v) is 9.23. The minimum atomic E-state index is 0.501. The summed E-state index contributed by atoms with van der Waals surface area (Å²) in [5, 5.41) is 8.01. The number of ether oxygens (including phenoxy) is 1. The number of fused-ring (bicyclic) bond motifs is 2. The molecule has 0 spiro atoms. The van der Waals surface area contributed by atoms with Crippen LogP contribution in [-0.2, 0) is 13.1 Å². The summed E-state index contributed by atoms with van der Waals surface area (Å²) < 4.78 is 5.80. The Bertz CT molecular complexity index is 1670. The lowest BCUT2D eigenvalue weighted by Crippen LogP contribution is -2.19. The zero-order chi connectivity index (χ0) is 25.9. The summed E-state index contributed by atoms with van der Waals surface area (Å²) in [4.78, 5) is 27.0. The highest BCUT2D eigenvalue weighted by Crippen LogP contribution is 2.28. The SMILES string of the molecule is CN(C)CCOc1cc2c(cn1)CN(c1nccc(-c3nccc(C#Cc4ccc5[nH]ncc5c4)n3)n1)C2. The molecule has 0 bridgehead atoms. The van der Waals surface area contributed by atoms with E-state index in [1.165, 1.54) is 0 Å². The molecule has 10 nitrogen and oxygen atoms in total. The van der Waals surface area contributed by atoms with Crippen LogP contribution in [0.5, 0.6) is 5.88 Å². The molecule has 1 aliphatic heterocycles. The summed E-state index contributed by atoms with van der Waals surface area (Å²) in [6.07, 6.45) is 7.09. The van der Waals surface area contributed by atoms with Crippen LogP contribution in [0.25, 0.3) is 22.4 Å². The summed E-state index contributed by atoms with van der Waals surface area (Å²) >= 11 is 0. The summed E-state index contributed by atoms with van der Waals surface area (Å²) in [5.74, 6) is 8.05. The molecule has 0 radical (unpaired) electrons. The van der Waals surface area contributed by atoms with Crippen molar-refractivity contribution in [2.75, 3.05) is 32.1 Å². The topological polar surface area (TPSA) is 109 Å². The van der Waals surface area contributed by atoms with Gasteiger partial charge in [0.25, 0.3) is 0 Å². The molecule has 0 amide bonds. The molecule has 6 rings (SSSR count). The maximum absolute atomic E-state index is 5.80. The van der Waals surface area contributed by atoms with E-state index in [0.29, 0.717) is 48.7 Å². The molecular weight excluding hydrogens is 478 g/mol. The van der Waals surface area contributed by atoms with E-state index in [4.69, 9.17) is 9.72 Å². The molecule has 1 N–H and O–H groups in total. The Morgan fingerprint density at radius 2 is 1.84 bits per heavy atom. The van der Waals surface area contributed by atoms with Crippen molar-refractivity contribution in [3.8, 4) is 29.2 Å². The van der Waals surface area contributed by atoms with Gasteiger partial charge in [-0.1, -0.05) is 5.92 Å². The summed E-state index contributed by atoms with van der Waals surface area (Å²) in [6.45, 7) is 2.79. The van der Waals surface area contributed by atoms with Gasteiger partial charge in [0.15, 0.2) is 5.82 Å². The Labute approximate surface area is 219 Å². The van der Waals surface area contributed by atoms with Crippen molar-refractivity contribution >= 4 is 16.9 Å². The Kier molecular flexibility index (Phi) is 6.34. The molecule has 5 heterocycles. The molecule has 4 aromatic heterocycles. The van der Waals surface area contributed by atoms with E-state index in [1.807, 2.05) is 50.6 Å². The number of aromatic amines is 1. The van der Waals surface area contributed by atoms with Crippen LogP contribution in [0, 0.1) is 11.8 Å². The molecule has 0 aliphatic carbocycles. The minimum absolute atomic E-state index is 0.501. The van der Waals surface area contributed by atoms with E-state index in [-0.39, 0.29) is 0 Å². The number of aromatic nitrogens is 7. The smallest absolute Gasteiger partial charge is 0.226 e. The second-order valence-electron chi connectivity index (χ2n) is 9.23. The first kappa shape index (κ1) is 23.5. The molecule has 0 saturated carbocycles. The summed E-state index contributed by atoms with van der Waals surface area (Å²) in [7, 11) is 4.03. The van der Waals surface area contributed by atoms with E-state index in [0.717, 1.165) is 34.1 Å². The van der Waals surface area contributed by atoms with Gasteiger partial charge >= 0.3 is 0 Å². The average Bonchev–Trinajstić information content (AvgIpc) is 3.58. The van der Waals surface area contributed by atoms with E-state index < -0.39 is 0 Å². The number of rotatable bonds is 6. The third kappa shape index (κ3) is 5.14. The zero-order valence-electron chi connectivity index (χ0n) is 21.1. The van der Waals surface area contributed by atoms with Gasteiger partial charge in [-0.05, 0) is 61.5 Å². The molecule has 38 heavy (non-hydrogen) atoms. The highest BCUT2D eigenvalue weighted by atomic mass is 16.5. The maximum atomic E-state index is 5.80. The third-order valence-corrected chi connectivity index (χ3v) is 6.15. The zero-order valence-corrected chi connectivity index (χ0v) is 21.1. The normalized spacial score (nSPS) is 12.4. The number of pyridine rings is 1. The summed E-state index contributed by atoms with van der Waals surface area (Å²) in [5.41, 5.74) is 5.42. The lowest BCUT2D eigenvalue weighted by atomic mass is 10.1. The van der Waals surface area contributed by atoms with Crippen LogP contribution in [0.4, 0.5) is 5.95 Å². The molecule has 0 saturated heterocycles. The molecular formula is C28H25N9O. The van der Waals surface area contributed by atoms with Crippen molar-refractivity contribution in [2.45, 2.75) is 13.1 Å². The fourth-order valence-corrected chi connectivity index (χ4v) is 4.15. The Balaban J connectivity index is 1.18. The average molecular weight is 504 g/mol. The number of nitrogens with one attached hydrogen (secondary N) is 1. The minimum Gasteiger partial charge on any atom is -0.476 e. The van der Waals surface area contributed by atoms with E-state index in [2.05, 4.69) is 51.8 Å². The van der Waals surface area contributed by atoms with Crippen LogP contribution in [0.2, 0.25) is 0 Å². The van der Waals surface area contributed by atoms with Crippen molar-refractivity contribution in [1.29, 1.82) is 0 Å². The first-order valence-electron chi connectivity index (χ1n) is 12.2. The number of anilines is 1. The molecule has 10 heteroatoms. The van der Waals surface area contributed by atoms with E-state index >= 15 is 0 Å². The Morgan fingerprint density at radius 3 is 2.76 bits per heavy atom. The van der Waals surface area contributed by atoms with Crippen LogP contribution in [-0.4, -0.2) is 67.3 Å². The van der Waals surface area contributed by atoms with Gasteiger partial charge in [0.2, 0.25) is 11.8 Å². The van der Waals surface area contributed by atoms with Gasteiger partial charge in [-0.15, -0.1) is 0 Å². The second kappa shape index (κ2) is 10.2. The predicted octanol–water partition coefficient (Wildman–Crippen LogP) is 3.07. The fraction of sp³-hybridized carbons (Fsp3) is 0.214. The van der Waals surface area contributed by atoms with Crippen molar-refractivity contribution in [1.82, 2.24) is 40.0 Å². The highest BCUT2D eigenvalue weighted by Gasteiger charge is 2.23. The van der Waals surface area contributed by atoms with Gasteiger partial charge in [-0.2, -0.15) is 5.10 Å². The predicted molar refractivity (Wildman–Crippen MR) is 143 cm³/mol. The van der Waals surface area contributed by atoms with Gasteiger partial charge in [-0.25, -0.2) is 24.9 Å². The molecule has 1 aromatic carbocycles. The molecule has 0 atom stereocenters. The van der Waals surface area contributed by atoms with Crippen LogP contribution in [0.15, 0.2) is 61.2 Å². The Morgan fingerprint density at radius 1 is 0.947 bits per heavy atom. The maximum Gasteiger partial charge on any atom is 0.226 e. The first-order chi connectivity index (χ1) is 18.6. The standard InChI is InChI=1S/C28H25N9O/c1-36(2)11-12-38-26-14-21-17-37(18-22(21)15-31-26)28-30-10-8-25(34-28)27-29-9-7-23(33-27)5-3-19-4-6-24-20(13-19)16-32-35-24/h4,6-10,13-16H,11-12,17-18H2,1-2H3,(H,32,35). The van der Waals surface area contributed by atoms with Crippen LogP contribution >= 0.6 is 0 Å². The highest BCUT2D eigenvalue weighted by molar-refractivity contribution is 5.79. The van der Waals surface area contributed by atoms with Crippen LogP contribution < -0.4 is 9.64 Å². The molecule has 1 aliphatic rings. The first-order valence-corrected chi connectivity index (χ1v) is 12.2. The van der Waals surface area contributed by atoms with Crippen molar-refractivity contribution in [2.24, 2.45) is 0 Å². The fourth-order valence-electron chi connectivity index (χ4n) is 4.15. The molecule has 0 unspecified atom stereocenters. The van der Waals surface area contributed by atoms with Crippen molar-refractivity contribution < 1.29 is 4.74 Å². The van der Waals surface area contributed by atoms with E-state index in [9.17, 15) is 0 Å². The number of hydrogen-bond donors (Lipinski definition) is 1. The molecule has 5 aromatic rings. The summed E-state index contributed by atoms with van der Waals surface area (Å²) in [6, 6.07) is 11.5. The van der Waals surface area contributed by atoms with Crippen LogP contribution in [0.1, 0.15) is 22.4 Å². The number of H-pyrrole nitrogens is 1. The van der Waals surface area contributed by atoms with E-state index in [1.54, 1.807) is 24.7 Å². The molecule has 0 fully saturated rings. The lowest BCUT2D eigenvalue weighted by Gasteiger charge is -2.15. The van der Waals surface area contributed by atoms with Crippen molar-refractivity contribution in [3.05, 3.63) is 83.6 Å². The van der Waals surface area contributed by atoms with Gasteiger partial charge in [0.05, 0.1) is 11.7 Å². The van der Waals surface area contributed by atoms with Crippen molar-refractivity contribution in [3.63, 3.8) is 0 Å². The van der Waals surface area contributed by atoms with Gasteiger partial charge < -0.3 is 14.5 Å². The number of nitrogens with zero attached hydrogens (tertiary/aromatic N) is 8. The lowest BCUT2D eigenvalue weighted by molar-refractivity contribution is 0.253. The number of likely N-dealkylation sites (N-methyl/N-ethyl adjacent to an activating group) is 1. The van der Waals surface area contributed by atoms with Gasteiger partial charge in [-0.3, -0.25) is 5.10 Å². The quantitative estimate of drug-likeness (QED) is 0.350. The third-order valence-electron chi connectivity index (χ3n) is 6.15. The van der Waals surface area contributed by atoms with Crippen LogP contribution in [0.3, 0.4) is 0 Å². The number of benzene rings is 1. The number of hydrogen-bond acceptors (Lipinski definition) is 9. The van der Waals surface area contributed by atoms with Gasteiger partial charge in [0, 0.05) is 55.2 Å². The van der Waals surface area contributed by atoms with Gasteiger partial charge in [0.1, 0.15) is 18.0 Å². The molecule has 188 valence electrons. The Hall–Kier alpha value is -4.88.